The number of aliphatic hydroxyl groups is 1. The zero-order valence-electron chi connectivity index (χ0n) is 7.69. The largest absolute Gasteiger partial charge is 0.479 e. The standard InChI is InChI=1S/C8H14N2O4/c11-6(7(12)13)4-10-8(14)9-3-5-1-2-5/h5-6,11H,1-4H2,(H,12,13)(H2,9,10,14). The van der Waals surface area contributed by atoms with Gasteiger partial charge in [0.15, 0.2) is 6.10 Å². The first-order valence-electron chi connectivity index (χ1n) is 4.52. The van der Waals surface area contributed by atoms with Crippen LogP contribution in [0.3, 0.4) is 0 Å². The van der Waals surface area contributed by atoms with Crippen LogP contribution < -0.4 is 10.6 Å². The highest BCUT2D eigenvalue weighted by Crippen LogP contribution is 2.27. The Balaban J connectivity index is 2.04. The van der Waals surface area contributed by atoms with Crippen LogP contribution in [0, 0.1) is 5.92 Å². The number of aliphatic hydroxyl groups excluding tert-OH is 1. The quantitative estimate of drug-likeness (QED) is 0.466. The molecule has 6 heteroatoms. The van der Waals surface area contributed by atoms with Crippen molar-refractivity contribution in [2.24, 2.45) is 5.92 Å². The molecular weight excluding hydrogens is 188 g/mol. The minimum Gasteiger partial charge on any atom is -0.479 e. The van der Waals surface area contributed by atoms with Gasteiger partial charge in [-0.2, -0.15) is 0 Å². The molecule has 0 radical (unpaired) electrons. The number of carboxylic acid groups (broad SMARTS) is 1. The Labute approximate surface area is 81.3 Å². The summed E-state index contributed by atoms with van der Waals surface area (Å²) in [5, 5.41) is 22.0. The van der Waals surface area contributed by atoms with Gasteiger partial charge in [-0.15, -0.1) is 0 Å². The average molecular weight is 202 g/mol. The summed E-state index contributed by atoms with van der Waals surface area (Å²) in [5.41, 5.74) is 0. The van der Waals surface area contributed by atoms with Gasteiger partial charge in [0.25, 0.3) is 0 Å². The van der Waals surface area contributed by atoms with Gasteiger partial charge >= 0.3 is 12.0 Å². The molecule has 1 atom stereocenters. The van der Waals surface area contributed by atoms with Gasteiger partial charge in [0.05, 0.1) is 6.54 Å². The molecule has 0 spiro atoms. The molecule has 1 fully saturated rings. The van der Waals surface area contributed by atoms with E-state index in [1.54, 1.807) is 0 Å². The molecule has 0 aromatic rings. The van der Waals surface area contributed by atoms with Crippen LogP contribution in [0.2, 0.25) is 0 Å². The lowest BCUT2D eigenvalue weighted by Gasteiger charge is -2.08. The number of rotatable bonds is 5. The maximum atomic E-state index is 11.0. The minimum atomic E-state index is -1.54. The number of hydrogen-bond donors (Lipinski definition) is 4. The molecule has 4 N–H and O–H groups in total. The molecule has 6 nitrogen and oxygen atoms in total. The fourth-order valence-corrected chi connectivity index (χ4v) is 0.898. The van der Waals surface area contributed by atoms with E-state index in [2.05, 4.69) is 10.6 Å². The van der Waals surface area contributed by atoms with E-state index in [0.717, 1.165) is 12.8 Å². The summed E-state index contributed by atoms with van der Waals surface area (Å²) in [6.45, 7) is 0.348. The molecule has 14 heavy (non-hydrogen) atoms. The number of hydrogen-bond acceptors (Lipinski definition) is 3. The van der Waals surface area contributed by atoms with Crippen LogP contribution in [0.15, 0.2) is 0 Å². The molecule has 0 heterocycles. The van der Waals surface area contributed by atoms with Crippen molar-refractivity contribution >= 4 is 12.0 Å². The van der Waals surface area contributed by atoms with Gasteiger partial charge in [0.1, 0.15) is 0 Å². The van der Waals surface area contributed by atoms with Crippen LogP contribution in [0.25, 0.3) is 0 Å². The highest BCUT2D eigenvalue weighted by Gasteiger charge is 2.21. The summed E-state index contributed by atoms with van der Waals surface area (Å²) < 4.78 is 0. The second kappa shape index (κ2) is 4.80. The maximum Gasteiger partial charge on any atom is 0.334 e. The number of aliphatic carboxylic acids is 1. The molecule has 2 amide bonds. The Morgan fingerprint density at radius 1 is 1.36 bits per heavy atom. The maximum absolute atomic E-state index is 11.0. The van der Waals surface area contributed by atoms with Gasteiger partial charge in [0.2, 0.25) is 0 Å². The molecule has 1 rings (SSSR count). The normalized spacial score (nSPS) is 17.2. The van der Waals surface area contributed by atoms with Crippen LogP contribution in [0.1, 0.15) is 12.8 Å². The third kappa shape index (κ3) is 4.08. The summed E-state index contributed by atoms with van der Waals surface area (Å²) in [6.07, 6.45) is 0.734. The third-order valence-electron chi connectivity index (χ3n) is 1.99. The van der Waals surface area contributed by atoms with E-state index in [9.17, 15) is 9.59 Å². The number of carbonyl (C=O) groups excluding carboxylic acids is 1. The molecule has 1 saturated carbocycles. The third-order valence-corrected chi connectivity index (χ3v) is 1.99. The molecule has 0 aliphatic heterocycles. The SMILES string of the molecule is O=C(NCC1CC1)NCC(O)C(=O)O. The molecule has 0 saturated heterocycles. The highest BCUT2D eigenvalue weighted by molar-refractivity contribution is 5.76. The average Bonchev–Trinajstić information content (AvgIpc) is 2.94. The minimum absolute atomic E-state index is 0.272. The Morgan fingerprint density at radius 3 is 2.50 bits per heavy atom. The predicted octanol–water partition coefficient (Wildman–Crippen LogP) is -0.859. The second-order valence-electron chi connectivity index (χ2n) is 3.39. The molecule has 1 unspecified atom stereocenters. The smallest absolute Gasteiger partial charge is 0.334 e. The molecule has 1 aliphatic rings. The van der Waals surface area contributed by atoms with Crippen molar-refractivity contribution in [1.29, 1.82) is 0 Å². The predicted molar refractivity (Wildman–Crippen MR) is 47.8 cm³/mol. The van der Waals surface area contributed by atoms with Crippen molar-refractivity contribution in [1.82, 2.24) is 10.6 Å². The molecule has 80 valence electrons. The summed E-state index contributed by atoms with van der Waals surface area (Å²) in [5.74, 6) is -0.766. The van der Waals surface area contributed by atoms with E-state index in [4.69, 9.17) is 10.2 Å². The number of amides is 2. The van der Waals surface area contributed by atoms with Crippen molar-refractivity contribution in [3.63, 3.8) is 0 Å². The van der Waals surface area contributed by atoms with E-state index >= 15 is 0 Å². The van der Waals surface area contributed by atoms with Crippen molar-refractivity contribution in [2.45, 2.75) is 18.9 Å². The van der Waals surface area contributed by atoms with Gasteiger partial charge in [-0.25, -0.2) is 9.59 Å². The fraction of sp³-hybridized carbons (Fsp3) is 0.750. The van der Waals surface area contributed by atoms with E-state index in [-0.39, 0.29) is 6.54 Å². The van der Waals surface area contributed by atoms with Crippen molar-refractivity contribution in [2.75, 3.05) is 13.1 Å². The van der Waals surface area contributed by atoms with Crippen LogP contribution in [0.5, 0.6) is 0 Å². The number of carboxylic acids is 1. The van der Waals surface area contributed by atoms with Crippen LogP contribution in [-0.4, -0.2) is 41.4 Å². The number of urea groups is 1. The van der Waals surface area contributed by atoms with Gasteiger partial charge < -0.3 is 20.8 Å². The van der Waals surface area contributed by atoms with Gasteiger partial charge in [-0.05, 0) is 18.8 Å². The lowest BCUT2D eigenvalue weighted by atomic mass is 10.3. The highest BCUT2D eigenvalue weighted by atomic mass is 16.4. The van der Waals surface area contributed by atoms with Crippen molar-refractivity contribution in [3.05, 3.63) is 0 Å². The van der Waals surface area contributed by atoms with E-state index < -0.39 is 18.1 Å². The zero-order valence-corrected chi connectivity index (χ0v) is 7.69. The van der Waals surface area contributed by atoms with Gasteiger partial charge in [-0.1, -0.05) is 0 Å². The van der Waals surface area contributed by atoms with Gasteiger partial charge in [0, 0.05) is 6.54 Å². The summed E-state index contributed by atoms with van der Waals surface area (Å²) >= 11 is 0. The lowest BCUT2D eigenvalue weighted by Crippen LogP contribution is -2.42. The Morgan fingerprint density at radius 2 is 2.00 bits per heavy atom. The van der Waals surface area contributed by atoms with Crippen LogP contribution >= 0.6 is 0 Å². The first-order valence-corrected chi connectivity index (χ1v) is 4.52. The van der Waals surface area contributed by atoms with Gasteiger partial charge in [-0.3, -0.25) is 0 Å². The topological polar surface area (TPSA) is 98.7 Å². The fourth-order valence-electron chi connectivity index (χ4n) is 0.898. The molecular formula is C8H14N2O4. The number of nitrogens with one attached hydrogen (secondary N) is 2. The number of carbonyl (C=O) groups is 2. The molecule has 0 aromatic heterocycles. The first kappa shape index (κ1) is 10.8. The lowest BCUT2D eigenvalue weighted by molar-refractivity contribution is -0.146. The van der Waals surface area contributed by atoms with E-state index in [1.165, 1.54) is 0 Å². The van der Waals surface area contributed by atoms with Crippen LogP contribution in [0.4, 0.5) is 4.79 Å². The monoisotopic (exact) mass is 202 g/mol. The summed E-state index contributed by atoms with van der Waals surface area (Å²) in [7, 11) is 0. The Hall–Kier alpha value is -1.30. The first-order chi connectivity index (χ1) is 6.59. The zero-order chi connectivity index (χ0) is 10.6. The van der Waals surface area contributed by atoms with Crippen LogP contribution in [-0.2, 0) is 4.79 Å². The second-order valence-corrected chi connectivity index (χ2v) is 3.39. The van der Waals surface area contributed by atoms with E-state index in [1.807, 2.05) is 0 Å². The van der Waals surface area contributed by atoms with Crippen molar-refractivity contribution in [3.8, 4) is 0 Å². The Kier molecular flexibility index (Phi) is 3.70. The molecule has 1 aliphatic carbocycles. The Bertz CT molecular complexity index is 227. The van der Waals surface area contributed by atoms with E-state index in [0.29, 0.717) is 12.5 Å². The van der Waals surface area contributed by atoms with Crippen molar-refractivity contribution < 1.29 is 19.8 Å². The molecule has 0 aromatic carbocycles. The molecule has 0 bridgehead atoms. The summed E-state index contributed by atoms with van der Waals surface area (Å²) in [4.78, 5) is 21.1. The summed E-state index contributed by atoms with van der Waals surface area (Å²) in [6, 6.07) is -0.433.